The summed E-state index contributed by atoms with van der Waals surface area (Å²) in [5.41, 5.74) is 0. The molecule has 6 nitrogen and oxygen atoms in total. The molecular formula is C12H22N2O4. The average Bonchev–Trinajstić information content (AvgIpc) is 2.74. The maximum Gasteiger partial charge on any atom is 0.319 e. The van der Waals surface area contributed by atoms with Crippen molar-refractivity contribution in [3.05, 3.63) is 0 Å². The maximum atomic E-state index is 12.1. The molecule has 0 spiro atoms. The predicted molar refractivity (Wildman–Crippen MR) is 66.4 cm³/mol. The zero-order valence-corrected chi connectivity index (χ0v) is 11.4. The number of nitrogens with zero attached hydrogens (tertiary/aromatic N) is 2. The molecule has 0 saturated carbocycles. The molecule has 1 fully saturated rings. The van der Waals surface area contributed by atoms with Crippen LogP contribution in [0, 0.1) is 11.8 Å². The number of carbonyl (C=O) groups excluding carboxylic acids is 1. The van der Waals surface area contributed by atoms with Crippen LogP contribution in [0.5, 0.6) is 0 Å². The fraction of sp³-hybridized carbons (Fsp3) is 0.833. The van der Waals surface area contributed by atoms with Crippen LogP contribution in [0.2, 0.25) is 0 Å². The van der Waals surface area contributed by atoms with Crippen molar-refractivity contribution in [2.45, 2.75) is 19.9 Å². The number of rotatable bonds is 4. The summed E-state index contributed by atoms with van der Waals surface area (Å²) >= 11 is 0. The molecule has 1 rings (SSSR count). The second kappa shape index (κ2) is 6.04. The second-order valence-electron chi connectivity index (χ2n) is 5.22. The van der Waals surface area contributed by atoms with Crippen molar-refractivity contribution in [2.75, 3.05) is 33.9 Å². The minimum atomic E-state index is -0.913. The lowest BCUT2D eigenvalue weighted by atomic mass is 10.0. The van der Waals surface area contributed by atoms with Crippen LogP contribution in [0.25, 0.3) is 0 Å². The third-order valence-electron chi connectivity index (χ3n) is 3.13. The van der Waals surface area contributed by atoms with E-state index in [1.165, 1.54) is 4.90 Å². The van der Waals surface area contributed by atoms with E-state index in [4.69, 9.17) is 9.84 Å². The van der Waals surface area contributed by atoms with E-state index in [-0.39, 0.29) is 25.3 Å². The molecule has 2 atom stereocenters. The number of hydrogen-bond acceptors (Lipinski definition) is 3. The zero-order valence-electron chi connectivity index (χ0n) is 11.4. The van der Waals surface area contributed by atoms with Gasteiger partial charge in [0.25, 0.3) is 0 Å². The summed E-state index contributed by atoms with van der Waals surface area (Å²) in [5, 5.41) is 9.07. The van der Waals surface area contributed by atoms with E-state index < -0.39 is 11.9 Å². The highest BCUT2D eigenvalue weighted by Crippen LogP contribution is 2.20. The van der Waals surface area contributed by atoms with Crippen molar-refractivity contribution in [3.63, 3.8) is 0 Å². The van der Waals surface area contributed by atoms with E-state index in [2.05, 4.69) is 0 Å². The minimum absolute atomic E-state index is 0.162. The molecule has 1 saturated heterocycles. The van der Waals surface area contributed by atoms with Gasteiger partial charge in [0, 0.05) is 20.6 Å². The van der Waals surface area contributed by atoms with Gasteiger partial charge in [-0.2, -0.15) is 0 Å². The number of carbonyl (C=O) groups is 2. The van der Waals surface area contributed by atoms with Gasteiger partial charge < -0.3 is 19.6 Å². The smallest absolute Gasteiger partial charge is 0.319 e. The normalized spacial score (nSPS) is 23.2. The summed E-state index contributed by atoms with van der Waals surface area (Å²) in [4.78, 5) is 26.3. The largest absolute Gasteiger partial charge is 0.481 e. The first-order valence-corrected chi connectivity index (χ1v) is 6.13. The molecule has 0 aromatic rings. The molecule has 0 radical (unpaired) electrons. The summed E-state index contributed by atoms with van der Waals surface area (Å²) in [6.07, 6.45) is 0. The Morgan fingerprint density at radius 2 is 1.94 bits per heavy atom. The summed E-state index contributed by atoms with van der Waals surface area (Å²) < 4.78 is 5.17. The average molecular weight is 258 g/mol. The van der Waals surface area contributed by atoms with Gasteiger partial charge in [0.1, 0.15) is 5.92 Å². The third-order valence-corrected chi connectivity index (χ3v) is 3.13. The molecule has 1 heterocycles. The molecule has 0 aromatic carbocycles. The number of likely N-dealkylation sites (N-methyl/N-ethyl adjacent to an activating group) is 1. The van der Waals surface area contributed by atoms with E-state index in [1.54, 1.807) is 19.0 Å². The number of hydrogen-bond donors (Lipinski definition) is 1. The van der Waals surface area contributed by atoms with Crippen LogP contribution >= 0.6 is 0 Å². The van der Waals surface area contributed by atoms with Gasteiger partial charge in [-0.25, -0.2) is 4.79 Å². The maximum absolute atomic E-state index is 12.1. The molecular weight excluding hydrogens is 236 g/mol. The number of aliphatic carboxylic acids is 1. The predicted octanol–water partition coefficient (Wildman–Crippen LogP) is 0.726. The van der Waals surface area contributed by atoms with Crippen molar-refractivity contribution in [2.24, 2.45) is 11.8 Å². The fourth-order valence-electron chi connectivity index (χ4n) is 2.20. The highest BCUT2D eigenvalue weighted by Gasteiger charge is 2.39. The molecule has 0 aliphatic carbocycles. The first-order chi connectivity index (χ1) is 8.34. The Morgan fingerprint density at radius 1 is 1.33 bits per heavy atom. The van der Waals surface area contributed by atoms with Gasteiger partial charge >= 0.3 is 12.0 Å². The Morgan fingerprint density at radius 3 is 2.44 bits per heavy atom. The van der Waals surface area contributed by atoms with E-state index in [0.29, 0.717) is 12.5 Å². The molecule has 0 bridgehead atoms. The standard InChI is InChI=1S/C12H22N2O4/c1-8(2)5-13(3)12(17)14(4)10-7-18-6-9(10)11(15)16/h8-10H,5-7H2,1-4H3,(H,15,16). The topological polar surface area (TPSA) is 70.1 Å². The molecule has 0 aromatic heterocycles. The monoisotopic (exact) mass is 258 g/mol. The molecule has 104 valence electrons. The van der Waals surface area contributed by atoms with Crippen LogP contribution in [-0.2, 0) is 9.53 Å². The van der Waals surface area contributed by atoms with Gasteiger partial charge in [-0.1, -0.05) is 13.8 Å². The SMILES string of the molecule is CC(C)CN(C)C(=O)N(C)C1COCC1C(=O)O. The van der Waals surface area contributed by atoms with Crippen LogP contribution in [-0.4, -0.2) is 66.8 Å². The fourth-order valence-corrected chi connectivity index (χ4v) is 2.20. The zero-order chi connectivity index (χ0) is 13.9. The highest BCUT2D eigenvalue weighted by molar-refractivity contribution is 5.77. The number of amides is 2. The van der Waals surface area contributed by atoms with Gasteiger partial charge in [-0.15, -0.1) is 0 Å². The molecule has 2 amide bonds. The van der Waals surface area contributed by atoms with Crippen molar-refractivity contribution < 1.29 is 19.4 Å². The van der Waals surface area contributed by atoms with Crippen LogP contribution in [0.4, 0.5) is 4.79 Å². The van der Waals surface area contributed by atoms with Crippen LogP contribution in [0.3, 0.4) is 0 Å². The summed E-state index contributed by atoms with van der Waals surface area (Å²) in [5.74, 6) is -1.17. The van der Waals surface area contributed by atoms with Crippen molar-refractivity contribution in [3.8, 4) is 0 Å². The van der Waals surface area contributed by atoms with Crippen molar-refractivity contribution in [1.29, 1.82) is 0 Å². The van der Waals surface area contributed by atoms with Crippen LogP contribution in [0.15, 0.2) is 0 Å². The highest BCUT2D eigenvalue weighted by atomic mass is 16.5. The van der Waals surface area contributed by atoms with Gasteiger partial charge in [0.2, 0.25) is 0 Å². The third kappa shape index (κ3) is 3.35. The Labute approximate surface area is 107 Å². The van der Waals surface area contributed by atoms with Crippen LogP contribution < -0.4 is 0 Å². The first-order valence-electron chi connectivity index (χ1n) is 6.13. The van der Waals surface area contributed by atoms with Gasteiger partial charge in [0.15, 0.2) is 0 Å². The molecule has 1 N–H and O–H groups in total. The summed E-state index contributed by atoms with van der Waals surface area (Å²) in [7, 11) is 3.36. The quantitative estimate of drug-likeness (QED) is 0.807. The van der Waals surface area contributed by atoms with Gasteiger partial charge in [-0.05, 0) is 5.92 Å². The molecule has 1 aliphatic rings. The van der Waals surface area contributed by atoms with E-state index >= 15 is 0 Å². The van der Waals surface area contributed by atoms with Gasteiger partial charge in [-0.3, -0.25) is 4.79 Å². The lowest BCUT2D eigenvalue weighted by molar-refractivity contribution is -0.142. The number of carboxylic acids is 1. The number of carboxylic acid groups (broad SMARTS) is 1. The van der Waals surface area contributed by atoms with Crippen molar-refractivity contribution in [1.82, 2.24) is 9.80 Å². The molecule has 18 heavy (non-hydrogen) atoms. The van der Waals surface area contributed by atoms with E-state index in [1.807, 2.05) is 13.8 Å². The summed E-state index contributed by atoms with van der Waals surface area (Å²) in [6, 6.07) is -0.546. The lowest BCUT2D eigenvalue weighted by Gasteiger charge is -2.31. The van der Waals surface area contributed by atoms with Gasteiger partial charge in [0.05, 0.1) is 19.3 Å². The second-order valence-corrected chi connectivity index (χ2v) is 5.22. The Bertz CT molecular complexity index is 319. The minimum Gasteiger partial charge on any atom is -0.481 e. The molecule has 1 aliphatic heterocycles. The van der Waals surface area contributed by atoms with Crippen molar-refractivity contribution >= 4 is 12.0 Å². The first kappa shape index (κ1) is 14.8. The lowest BCUT2D eigenvalue weighted by Crippen LogP contribution is -2.49. The van der Waals surface area contributed by atoms with E-state index in [0.717, 1.165) is 0 Å². The Balaban J connectivity index is 2.65. The van der Waals surface area contributed by atoms with E-state index in [9.17, 15) is 9.59 Å². The molecule has 2 unspecified atom stereocenters. The Hall–Kier alpha value is -1.30. The number of ether oxygens (including phenoxy) is 1. The Kier molecular flexibility index (Phi) is 4.95. The number of urea groups is 1. The molecule has 6 heteroatoms. The van der Waals surface area contributed by atoms with Crippen LogP contribution in [0.1, 0.15) is 13.8 Å². The summed E-state index contributed by atoms with van der Waals surface area (Å²) in [6.45, 7) is 5.17.